The minimum atomic E-state index is -4.29. The summed E-state index contributed by atoms with van der Waals surface area (Å²) in [5.74, 6) is -0.348. The van der Waals surface area contributed by atoms with Gasteiger partial charge in [-0.15, -0.1) is 0 Å². The number of nitrogens with one attached hydrogen (secondary N) is 1. The van der Waals surface area contributed by atoms with Crippen molar-refractivity contribution in [3.05, 3.63) is 0 Å². The minimum Gasteiger partial charge on any atom is -0.353 e. The molecule has 1 saturated heterocycles. The highest BCUT2D eigenvalue weighted by molar-refractivity contribution is 5.78. The van der Waals surface area contributed by atoms with Gasteiger partial charge in [-0.05, 0) is 14.1 Å². The first kappa shape index (κ1) is 13.2. The second-order valence-corrected chi connectivity index (χ2v) is 4.14. The van der Waals surface area contributed by atoms with E-state index in [1.165, 1.54) is 4.90 Å². The van der Waals surface area contributed by atoms with E-state index >= 15 is 0 Å². The van der Waals surface area contributed by atoms with Crippen LogP contribution in [0, 0.1) is 0 Å². The van der Waals surface area contributed by atoms with Gasteiger partial charge in [0.2, 0.25) is 5.91 Å². The largest absolute Gasteiger partial charge is 0.405 e. The standard InChI is InChI=1S/C9H16F3N3O/c1-14(2)3-4-15-6-8(16)13-5-7(15)9(10,11)12/h7H,3-6H2,1-2H3,(H,13,16). The van der Waals surface area contributed by atoms with E-state index in [9.17, 15) is 18.0 Å². The van der Waals surface area contributed by atoms with Crippen molar-refractivity contribution in [2.24, 2.45) is 0 Å². The lowest BCUT2D eigenvalue weighted by Gasteiger charge is -2.36. The lowest BCUT2D eigenvalue weighted by molar-refractivity contribution is -0.189. The highest BCUT2D eigenvalue weighted by Crippen LogP contribution is 2.25. The van der Waals surface area contributed by atoms with E-state index in [4.69, 9.17) is 0 Å². The van der Waals surface area contributed by atoms with Gasteiger partial charge in [0, 0.05) is 19.6 Å². The highest BCUT2D eigenvalue weighted by Gasteiger charge is 2.45. The molecule has 0 aromatic carbocycles. The Morgan fingerprint density at radius 2 is 2.12 bits per heavy atom. The third-order valence-electron chi connectivity index (χ3n) is 2.49. The Bertz CT molecular complexity index is 255. The van der Waals surface area contributed by atoms with Gasteiger partial charge in [0.05, 0.1) is 6.54 Å². The SMILES string of the molecule is CN(C)CCN1CC(=O)NCC1C(F)(F)F. The lowest BCUT2D eigenvalue weighted by Crippen LogP contribution is -2.60. The fourth-order valence-corrected chi connectivity index (χ4v) is 1.58. The molecule has 1 amide bonds. The maximum Gasteiger partial charge on any atom is 0.405 e. The van der Waals surface area contributed by atoms with Crippen molar-refractivity contribution < 1.29 is 18.0 Å². The molecule has 0 aromatic rings. The topological polar surface area (TPSA) is 35.6 Å². The predicted molar refractivity (Wildman–Crippen MR) is 53.0 cm³/mol. The Morgan fingerprint density at radius 3 is 2.62 bits per heavy atom. The van der Waals surface area contributed by atoms with Crippen LogP contribution in [0.2, 0.25) is 0 Å². The molecule has 0 radical (unpaired) electrons. The van der Waals surface area contributed by atoms with Crippen LogP contribution in [-0.2, 0) is 4.79 Å². The zero-order valence-corrected chi connectivity index (χ0v) is 9.34. The maximum atomic E-state index is 12.6. The molecular weight excluding hydrogens is 223 g/mol. The molecule has 1 unspecified atom stereocenters. The van der Waals surface area contributed by atoms with Crippen molar-refractivity contribution in [3.8, 4) is 0 Å². The fourth-order valence-electron chi connectivity index (χ4n) is 1.58. The number of carbonyl (C=O) groups excluding carboxylic acids is 1. The number of alkyl halides is 3. The number of hydrogen-bond acceptors (Lipinski definition) is 3. The molecule has 0 aliphatic carbocycles. The molecule has 1 rings (SSSR count). The van der Waals surface area contributed by atoms with Gasteiger partial charge in [0.15, 0.2) is 0 Å². The third-order valence-corrected chi connectivity index (χ3v) is 2.49. The Labute approximate surface area is 92.4 Å². The number of amides is 1. The summed E-state index contributed by atoms with van der Waals surface area (Å²) in [5, 5.41) is 2.24. The van der Waals surface area contributed by atoms with Crippen molar-refractivity contribution in [1.29, 1.82) is 0 Å². The second-order valence-electron chi connectivity index (χ2n) is 4.14. The number of halogens is 3. The molecule has 1 aliphatic heterocycles. The highest BCUT2D eigenvalue weighted by atomic mass is 19.4. The number of hydrogen-bond donors (Lipinski definition) is 1. The van der Waals surface area contributed by atoms with E-state index in [2.05, 4.69) is 5.32 Å². The van der Waals surface area contributed by atoms with Gasteiger partial charge < -0.3 is 10.2 Å². The summed E-state index contributed by atoms with van der Waals surface area (Å²) in [6.45, 7) is 0.207. The van der Waals surface area contributed by atoms with E-state index in [-0.39, 0.29) is 25.5 Å². The first-order valence-electron chi connectivity index (χ1n) is 5.03. The molecule has 4 nitrogen and oxygen atoms in total. The molecule has 1 aliphatic rings. The summed E-state index contributed by atoms with van der Waals surface area (Å²) in [7, 11) is 3.57. The lowest BCUT2D eigenvalue weighted by atomic mass is 10.2. The fraction of sp³-hybridized carbons (Fsp3) is 0.889. The number of rotatable bonds is 3. The molecule has 1 atom stereocenters. The smallest absolute Gasteiger partial charge is 0.353 e. The molecule has 0 bridgehead atoms. The van der Waals surface area contributed by atoms with Crippen molar-refractivity contribution in [2.75, 3.05) is 40.3 Å². The average molecular weight is 239 g/mol. The van der Waals surface area contributed by atoms with E-state index < -0.39 is 12.2 Å². The summed E-state index contributed by atoms with van der Waals surface area (Å²) in [6.07, 6.45) is -4.29. The van der Waals surface area contributed by atoms with Crippen LogP contribution in [0.3, 0.4) is 0 Å². The van der Waals surface area contributed by atoms with Crippen LogP contribution in [0.4, 0.5) is 13.2 Å². The van der Waals surface area contributed by atoms with E-state index in [1.54, 1.807) is 19.0 Å². The molecule has 1 N–H and O–H groups in total. The second kappa shape index (κ2) is 5.01. The Hall–Kier alpha value is -0.820. The predicted octanol–water partition coefficient (Wildman–Crippen LogP) is -0.0893. The van der Waals surface area contributed by atoms with Crippen molar-refractivity contribution in [3.63, 3.8) is 0 Å². The molecule has 0 aromatic heterocycles. The summed E-state index contributed by atoms with van der Waals surface area (Å²) in [6, 6.07) is -1.56. The van der Waals surface area contributed by atoms with E-state index in [0.717, 1.165) is 0 Å². The quantitative estimate of drug-likeness (QED) is 0.747. The van der Waals surface area contributed by atoms with Crippen LogP contribution in [0.15, 0.2) is 0 Å². The molecule has 16 heavy (non-hydrogen) atoms. The van der Waals surface area contributed by atoms with Crippen LogP contribution < -0.4 is 5.32 Å². The van der Waals surface area contributed by atoms with Gasteiger partial charge in [0.25, 0.3) is 0 Å². The zero-order chi connectivity index (χ0) is 12.3. The summed E-state index contributed by atoms with van der Waals surface area (Å²) < 4.78 is 37.9. The summed E-state index contributed by atoms with van der Waals surface area (Å²) in [5.41, 5.74) is 0. The van der Waals surface area contributed by atoms with E-state index in [1.807, 2.05) is 0 Å². The number of carbonyl (C=O) groups is 1. The molecular formula is C9H16F3N3O. The Kier molecular flexibility index (Phi) is 4.15. The van der Waals surface area contributed by atoms with Crippen LogP contribution >= 0.6 is 0 Å². The van der Waals surface area contributed by atoms with Crippen molar-refractivity contribution in [1.82, 2.24) is 15.1 Å². The first-order valence-corrected chi connectivity index (χ1v) is 5.03. The van der Waals surface area contributed by atoms with Gasteiger partial charge in [0.1, 0.15) is 6.04 Å². The molecule has 1 heterocycles. The number of nitrogens with zero attached hydrogens (tertiary/aromatic N) is 2. The van der Waals surface area contributed by atoms with E-state index in [0.29, 0.717) is 6.54 Å². The Morgan fingerprint density at radius 1 is 1.50 bits per heavy atom. The maximum absolute atomic E-state index is 12.6. The average Bonchev–Trinajstić information content (AvgIpc) is 2.12. The molecule has 1 fully saturated rings. The number of piperazine rings is 1. The Balaban J connectivity index is 2.62. The molecule has 94 valence electrons. The van der Waals surface area contributed by atoms with Gasteiger partial charge >= 0.3 is 6.18 Å². The minimum absolute atomic E-state index is 0.183. The van der Waals surface area contributed by atoms with Crippen molar-refractivity contribution >= 4 is 5.91 Å². The molecule has 7 heteroatoms. The van der Waals surface area contributed by atoms with Crippen LogP contribution in [0.25, 0.3) is 0 Å². The molecule has 0 spiro atoms. The monoisotopic (exact) mass is 239 g/mol. The van der Waals surface area contributed by atoms with Crippen molar-refractivity contribution in [2.45, 2.75) is 12.2 Å². The van der Waals surface area contributed by atoms with Gasteiger partial charge in [-0.25, -0.2) is 0 Å². The third kappa shape index (κ3) is 3.64. The first-order chi connectivity index (χ1) is 7.30. The summed E-state index contributed by atoms with van der Waals surface area (Å²) >= 11 is 0. The van der Waals surface area contributed by atoms with Gasteiger partial charge in [-0.3, -0.25) is 9.69 Å². The normalized spacial score (nSPS) is 23.6. The molecule has 0 saturated carbocycles. The van der Waals surface area contributed by atoms with Crippen LogP contribution in [-0.4, -0.2) is 68.2 Å². The van der Waals surface area contributed by atoms with Crippen LogP contribution in [0.5, 0.6) is 0 Å². The zero-order valence-electron chi connectivity index (χ0n) is 9.34. The summed E-state index contributed by atoms with van der Waals surface area (Å²) in [4.78, 5) is 14.0. The van der Waals surface area contributed by atoms with Gasteiger partial charge in [-0.1, -0.05) is 0 Å². The number of likely N-dealkylation sites (N-methyl/N-ethyl adjacent to an activating group) is 1. The van der Waals surface area contributed by atoms with Crippen LogP contribution in [0.1, 0.15) is 0 Å². The van der Waals surface area contributed by atoms with Gasteiger partial charge in [-0.2, -0.15) is 13.2 Å².